The molecule has 1 aliphatic rings. The van der Waals surface area contributed by atoms with Gasteiger partial charge in [-0.05, 0) is 55.5 Å². The molecule has 0 atom stereocenters. The van der Waals surface area contributed by atoms with Crippen LogP contribution >= 0.6 is 22.6 Å². The van der Waals surface area contributed by atoms with E-state index in [1.807, 2.05) is 23.6 Å². The Morgan fingerprint density at radius 2 is 1.75 bits per heavy atom. The number of sulfone groups is 1. The van der Waals surface area contributed by atoms with Crippen LogP contribution in [0, 0.1) is 3.57 Å². The van der Waals surface area contributed by atoms with Gasteiger partial charge in [0.2, 0.25) is 0 Å². The minimum absolute atomic E-state index is 0.302. The molecular weight excluding hydrogens is 497 g/mol. The molecule has 1 fully saturated rings. The van der Waals surface area contributed by atoms with E-state index in [2.05, 4.69) is 39.6 Å². The van der Waals surface area contributed by atoms with Gasteiger partial charge in [0, 0.05) is 30.3 Å². The van der Waals surface area contributed by atoms with Crippen LogP contribution in [-0.2, 0) is 19.3 Å². The fourth-order valence-corrected chi connectivity index (χ4v) is 3.61. The zero-order chi connectivity index (χ0) is 21.6. The summed E-state index contributed by atoms with van der Waals surface area (Å²) in [6, 6.07) is 10.2. The highest BCUT2D eigenvalue weighted by atomic mass is 127. The lowest BCUT2D eigenvalue weighted by molar-refractivity contribution is 0.0527. The van der Waals surface area contributed by atoms with Crippen molar-refractivity contribution >= 4 is 38.5 Å². The number of benzene rings is 1. The van der Waals surface area contributed by atoms with Gasteiger partial charge in [-0.3, -0.25) is 10.3 Å². The molecule has 1 aromatic carbocycles. The number of methoxy groups -OCH3 is 1. The molecule has 2 rings (SSSR count). The number of halogens is 1. The minimum Gasteiger partial charge on any atom is -0.443 e. The minimum atomic E-state index is -2.72. The number of ether oxygens (including phenoxy) is 2. The molecule has 28 heavy (non-hydrogen) atoms. The molecule has 0 spiro atoms. The first kappa shape index (κ1) is 27.0. The molecule has 1 aromatic rings. The van der Waals surface area contributed by atoms with E-state index in [0.29, 0.717) is 31.2 Å². The second-order valence-corrected chi connectivity index (χ2v) is 10.5. The number of nitrogens with zero attached hydrogens (tertiary/aromatic N) is 1. The van der Waals surface area contributed by atoms with Crippen molar-refractivity contribution in [2.75, 3.05) is 44.9 Å². The zero-order valence-corrected chi connectivity index (χ0v) is 20.0. The summed E-state index contributed by atoms with van der Waals surface area (Å²) in [6.07, 6.45) is -0.609. The third-order valence-electron chi connectivity index (χ3n) is 3.30. The normalized spacial score (nSPS) is 15.9. The molecule has 0 saturated carbocycles. The summed E-state index contributed by atoms with van der Waals surface area (Å²) in [6.45, 7) is 8.14. The summed E-state index contributed by atoms with van der Waals surface area (Å²) in [5.74, 6) is 5.36. The highest BCUT2D eigenvalue weighted by Gasteiger charge is 2.20. The lowest BCUT2D eigenvalue weighted by atomic mass is 10.2. The van der Waals surface area contributed by atoms with Gasteiger partial charge in [-0.25, -0.2) is 19.1 Å². The van der Waals surface area contributed by atoms with Crippen LogP contribution in [-0.4, -0.2) is 69.9 Å². The Labute approximate surface area is 182 Å². The highest BCUT2D eigenvalue weighted by molar-refractivity contribution is 14.1. The monoisotopic (exact) mass is 529 g/mol. The van der Waals surface area contributed by atoms with E-state index in [-0.39, 0.29) is 0 Å². The van der Waals surface area contributed by atoms with Crippen molar-refractivity contribution in [2.45, 2.75) is 26.4 Å². The van der Waals surface area contributed by atoms with Crippen molar-refractivity contribution in [2.24, 2.45) is 5.84 Å². The maximum atomic E-state index is 11.0. The molecule has 1 amide bonds. The topological polar surface area (TPSA) is 111 Å². The molecule has 0 aromatic heterocycles. The summed E-state index contributed by atoms with van der Waals surface area (Å²) >= 11 is 2.28. The molecule has 0 bridgehead atoms. The van der Waals surface area contributed by atoms with Crippen LogP contribution in [0.5, 0.6) is 0 Å². The number of hydrogen-bond donors (Lipinski definition) is 2. The van der Waals surface area contributed by atoms with Crippen LogP contribution < -0.4 is 11.3 Å². The molecule has 1 saturated heterocycles. The molecule has 162 valence electrons. The predicted molar refractivity (Wildman–Crippen MR) is 120 cm³/mol. The summed E-state index contributed by atoms with van der Waals surface area (Å²) < 4.78 is 32.9. The fraction of sp³-hybridized carbons (Fsp3) is 0.611. The van der Waals surface area contributed by atoms with Crippen molar-refractivity contribution in [1.29, 1.82) is 0 Å². The lowest BCUT2D eigenvalue weighted by Gasteiger charge is -2.25. The first-order valence-electron chi connectivity index (χ1n) is 8.81. The van der Waals surface area contributed by atoms with E-state index < -0.39 is 21.5 Å². The number of hydrazine groups is 1. The average Bonchev–Trinajstić information content (AvgIpc) is 2.61. The van der Waals surface area contributed by atoms with Crippen molar-refractivity contribution in [1.82, 2.24) is 10.3 Å². The van der Waals surface area contributed by atoms with E-state index in [4.69, 9.17) is 15.3 Å². The van der Waals surface area contributed by atoms with Gasteiger partial charge in [-0.15, -0.1) is 0 Å². The number of nitrogens with two attached hydrogens (primary N) is 1. The van der Waals surface area contributed by atoms with Crippen LogP contribution in [0.15, 0.2) is 30.3 Å². The number of rotatable bonds is 3. The van der Waals surface area contributed by atoms with Gasteiger partial charge in [0.25, 0.3) is 0 Å². The Bertz CT molecular complexity index is 637. The number of hydrogen-bond acceptors (Lipinski definition) is 7. The Balaban J connectivity index is 0.000000406. The third-order valence-corrected chi connectivity index (χ3v) is 5.63. The molecule has 0 unspecified atom stereocenters. The second kappa shape index (κ2) is 14.1. The van der Waals surface area contributed by atoms with Crippen LogP contribution in [0.25, 0.3) is 0 Å². The molecule has 3 N–H and O–H groups in total. The van der Waals surface area contributed by atoms with Crippen LogP contribution in [0.1, 0.15) is 20.8 Å². The SMILES string of the molecule is CC(C)(C)OC(=O)NN.COCCN1CCS(=O)(=O)CC1.Ic1ccccc1. The van der Waals surface area contributed by atoms with E-state index in [1.54, 1.807) is 27.9 Å². The number of carbonyl (C=O) groups is 1. The summed E-state index contributed by atoms with van der Waals surface area (Å²) in [4.78, 5) is 12.5. The molecular formula is C18H32IN3O5S. The van der Waals surface area contributed by atoms with Crippen molar-refractivity contribution in [3.63, 3.8) is 0 Å². The Hall–Kier alpha value is -0.950. The standard InChI is InChI=1S/C7H15NO3S.C6H5I.C5H12N2O2/c1-11-5-2-8-3-6-12(9,10)7-4-8;7-6-4-2-1-3-5-6;1-5(2,3)9-4(8)7-6/h2-7H2,1H3;1-5H;6H2,1-3H3,(H,7,8). The van der Waals surface area contributed by atoms with Crippen molar-refractivity contribution in [3.8, 4) is 0 Å². The number of nitrogens with one attached hydrogen (secondary N) is 1. The summed E-state index contributed by atoms with van der Waals surface area (Å²) in [5, 5.41) is 0. The van der Waals surface area contributed by atoms with E-state index in [9.17, 15) is 13.2 Å². The maximum Gasteiger partial charge on any atom is 0.421 e. The Morgan fingerprint density at radius 1 is 1.21 bits per heavy atom. The number of amides is 1. The lowest BCUT2D eigenvalue weighted by Crippen LogP contribution is -2.41. The van der Waals surface area contributed by atoms with Gasteiger partial charge >= 0.3 is 6.09 Å². The first-order chi connectivity index (χ1) is 13.0. The summed E-state index contributed by atoms with van der Waals surface area (Å²) in [7, 11) is -1.07. The van der Waals surface area contributed by atoms with Gasteiger partial charge in [0.15, 0.2) is 9.84 Å². The van der Waals surface area contributed by atoms with Gasteiger partial charge in [0.05, 0.1) is 18.1 Å². The molecule has 1 heterocycles. The predicted octanol–water partition coefficient (Wildman–Crippen LogP) is 2.04. The first-order valence-corrected chi connectivity index (χ1v) is 11.7. The molecule has 10 heteroatoms. The molecule has 8 nitrogen and oxygen atoms in total. The van der Waals surface area contributed by atoms with Gasteiger partial charge < -0.3 is 9.47 Å². The molecule has 0 aliphatic carbocycles. The largest absolute Gasteiger partial charge is 0.443 e. The molecule has 0 radical (unpaired) electrons. The number of carbonyl (C=O) groups excluding carboxylic acids is 1. The Kier molecular flexibility index (Phi) is 13.6. The highest BCUT2D eigenvalue weighted by Crippen LogP contribution is 2.05. The summed E-state index contributed by atoms with van der Waals surface area (Å²) in [5.41, 5.74) is 1.39. The third kappa shape index (κ3) is 16.0. The van der Waals surface area contributed by atoms with Crippen LogP contribution in [0.4, 0.5) is 4.79 Å². The van der Waals surface area contributed by atoms with Crippen molar-refractivity contribution < 1.29 is 22.7 Å². The smallest absolute Gasteiger partial charge is 0.421 e. The van der Waals surface area contributed by atoms with Crippen LogP contribution in [0.2, 0.25) is 0 Å². The van der Waals surface area contributed by atoms with E-state index >= 15 is 0 Å². The van der Waals surface area contributed by atoms with Gasteiger partial charge in [0.1, 0.15) is 5.60 Å². The second-order valence-electron chi connectivity index (χ2n) is 6.93. The molecule has 1 aliphatic heterocycles. The fourth-order valence-electron chi connectivity index (χ4n) is 1.92. The zero-order valence-electron chi connectivity index (χ0n) is 17.0. The van der Waals surface area contributed by atoms with E-state index in [0.717, 1.165) is 6.54 Å². The van der Waals surface area contributed by atoms with Crippen molar-refractivity contribution in [3.05, 3.63) is 33.9 Å². The maximum absolute atomic E-state index is 11.0. The van der Waals surface area contributed by atoms with Gasteiger partial charge in [-0.2, -0.15) is 0 Å². The van der Waals surface area contributed by atoms with E-state index in [1.165, 1.54) is 3.57 Å². The van der Waals surface area contributed by atoms with Crippen LogP contribution in [0.3, 0.4) is 0 Å². The average molecular weight is 529 g/mol. The Morgan fingerprint density at radius 3 is 2.07 bits per heavy atom. The quantitative estimate of drug-likeness (QED) is 0.267. The van der Waals surface area contributed by atoms with Gasteiger partial charge in [-0.1, -0.05) is 18.2 Å².